The van der Waals surface area contributed by atoms with Crippen molar-refractivity contribution in [3.63, 3.8) is 0 Å². The van der Waals surface area contributed by atoms with Crippen LogP contribution in [0.3, 0.4) is 0 Å². The fourth-order valence-corrected chi connectivity index (χ4v) is 4.00. The smallest absolute Gasteiger partial charge is 0.411 e. The predicted molar refractivity (Wildman–Crippen MR) is 129 cm³/mol. The summed E-state index contributed by atoms with van der Waals surface area (Å²) in [6.07, 6.45) is -1.50. The lowest BCUT2D eigenvalue weighted by atomic mass is 9.99. The van der Waals surface area contributed by atoms with E-state index >= 15 is 0 Å². The van der Waals surface area contributed by atoms with Crippen molar-refractivity contribution in [3.8, 4) is 0 Å². The van der Waals surface area contributed by atoms with Crippen molar-refractivity contribution in [1.82, 2.24) is 10.2 Å². The third-order valence-electron chi connectivity index (χ3n) is 5.57. The monoisotopic (exact) mass is 475 g/mol. The number of nitrogens with one attached hydrogen (secondary N) is 2. The van der Waals surface area contributed by atoms with E-state index in [1.54, 1.807) is 30.3 Å². The Kier molecular flexibility index (Phi) is 7.10. The van der Waals surface area contributed by atoms with E-state index < -0.39 is 30.0 Å². The Bertz CT molecular complexity index is 1230. The van der Waals surface area contributed by atoms with E-state index in [0.29, 0.717) is 11.3 Å². The van der Waals surface area contributed by atoms with Gasteiger partial charge in [0.1, 0.15) is 5.82 Å². The highest BCUT2D eigenvalue weighted by Gasteiger charge is 2.47. The zero-order chi connectivity index (χ0) is 24.9. The van der Waals surface area contributed by atoms with Gasteiger partial charge in [-0.25, -0.2) is 9.18 Å². The summed E-state index contributed by atoms with van der Waals surface area (Å²) in [6.45, 7) is 3.88. The van der Waals surface area contributed by atoms with Crippen molar-refractivity contribution >= 4 is 23.6 Å². The summed E-state index contributed by atoms with van der Waals surface area (Å²) < 4.78 is 19.7. The van der Waals surface area contributed by atoms with Crippen LogP contribution in [0.5, 0.6) is 0 Å². The molecule has 35 heavy (non-hydrogen) atoms. The highest BCUT2D eigenvalue weighted by atomic mass is 19.1. The Hall–Kier alpha value is -4.20. The first-order valence-electron chi connectivity index (χ1n) is 11.3. The molecule has 3 aromatic carbocycles. The number of hydrogen-bond donors (Lipinski definition) is 2. The third kappa shape index (κ3) is 5.48. The Labute approximate surface area is 202 Å². The van der Waals surface area contributed by atoms with E-state index in [-0.39, 0.29) is 24.1 Å². The van der Waals surface area contributed by atoms with Gasteiger partial charge in [0.2, 0.25) is 5.91 Å². The molecule has 0 aliphatic carbocycles. The van der Waals surface area contributed by atoms with Gasteiger partial charge < -0.3 is 15.4 Å². The molecule has 0 spiro atoms. The molecule has 3 aromatic rings. The first-order valence-corrected chi connectivity index (χ1v) is 11.3. The fourth-order valence-electron chi connectivity index (χ4n) is 4.00. The molecule has 1 fully saturated rings. The standard InChI is InChI=1S/C27H26FN3O4/c1-17(2)29-26(33)23-24(35-27(34)31(23)16-18-9-4-3-5-10-18)19-11-8-12-20(15-19)30-25(32)21-13-6-7-14-22(21)28/h3-15,17,23-24H,16H2,1-2H3,(H,29,33)(H,30,32). The van der Waals surface area contributed by atoms with E-state index in [9.17, 15) is 18.8 Å². The molecule has 1 aliphatic rings. The highest BCUT2D eigenvalue weighted by molar-refractivity contribution is 6.04. The second-order valence-electron chi connectivity index (χ2n) is 8.59. The molecule has 0 saturated carbocycles. The summed E-state index contributed by atoms with van der Waals surface area (Å²) in [5.74, 6) is -1.58. The minimum atomic E-state index is -0.914. The lowest BCUT2D eigenvalue weighted by Gasteiger charge is -2.25. The number of carbonyl (C=O) groups excluding carboxylic acids is 3. The van der Waals surface area contributed by atoms with Crippen LogP contribution in [0.25, 0.3) is 0 Å². The normalized spacial score (nSPS) is 17.3. The van der Waals surface area contributed by atoms with Crippen LogP contribution in [0, 0.1) is 5.82 Å². The second-order valence-corrected chi connectivity index (χ2v) is 8.59. The SMILES string of the molecule is CC(C)NC(=O)C1C(c2cccc(NC(=O)c3ccccc3F)c2)OC(=O)N1Cc1ccccc1. The number of ether oxygens (including phenoxy) is 1. The molecule has 0 radical (unpaired) electrons. The van der Waals surface area contributed by atoms with Crippen LogP contribution in [-0.4, -0.2) is 34.9 Å². The minimum absolute atomic E-state index is 0.0894. The van der Waals surface area contributed by atoms with E-state index in [1.807, 2.05) is 44.2 Å². The maximum absolute atomic E-state index is 14.0. The fraction of sp³-hybridized carbons (Fsp3) is 0.222. The number of halogens is 1. The van der Waals surface area contributed by atoms with E-state index in [1.165, 1.54) is 23.1 Å². The summed E-state index contributed by atoms with van der Waals surface area (Å²) in [4.78, 5) is 40.0. The molecular formula is C27H26FN3O4. The lowest BCUT2D eigenvalue weighted by Crippen LogP contribution is -2.48. The largest absolute Gasteiger partial charge is 0.438 e. The number of amides is 3. The number of rotatable bonds is 7. The van der Waals surface area contributed by atoms with Gasteiger partial charge in [-0.05, 0) is 49.2 Å². The Balaban J connectivity index is 1.61. The first-order chi connectivity index (χ1) is 16.8. The second kappa shape index (κ2) is 10.4. The highest BCUT2D eigenvalue weighted by Crippen LogP contribution is 2.35. The van der Waals surface area contributed by atoms with Crippen LogP contribution in [0.15, 0.2) is 78.9 Å². The number of nitrogens with zero attached hydrogens (tertiary/aromatic N) is 1. The van der Waals surface area contributed by atoms with Crippen LogP contribution >= 0.6 is 0 Å². The number of hydrogen-bond acceptors (Lipinski definition) is 4. The average Bonchev–Trinajstić information content (AvgIpc) is 3.16. The van der Waals surface area contributed by atoms with Gasteiger partial charge in [-0.3, -0.25) is 14.5 Å². The molecule has 4 rings (SSSR count). The summed E-state index contributed by atoms with van der Waals surface area (Å²) >= 11 is 0. The lowest BCUT2D eigenvalue weighted by molar-refractivity contribution is -0.126. The van der Waals surface area contributed by atoms with Crippen LogP contribution < -0.4 is 10.6 Å². The molecule has 1 saturated heterocycles. The number of cyclic esters (lactones) is 1. The number of carbonyl (C=O) groups is 3. The van der Waals surface area contributed by atoms with Crippen molar-refractivity contribution in [1.29, 1.82) is 0 Å². The van der Waals surface area contributed by atoms with E-state index in [2.05, 4.69) is 10.6 Å². The van der Waals surface area contributed by atoms with Crippen molar-refractivity contribution < 1.29 is 23.5 Å². The van der Waals surface area contributed by atoms with Gasteiger partial charge in [-0.2, -0.15) is 0 Å². The summed E-state index contributed by atoms with van der Waals surface area (Å²) in [5, 5.41) is 5.54. The van der Waals surface area contributed by atoms with Gasteiger partial charge >= 0.3 is 6.09 Å². The summed E-state index contributed by atoms with van der Waals surface area (Å²) in [7, 11) is 0. The van der Waals surface area contributed by atoms with Crippen molar-refractivity contribution in [2.24, 2.45) is 0 Å². The van der Waals surface area contributed by atoms with Gasteiger partial charge in [0.25, 0.3) is 5.91 Å². The molecule has 1 aliphatic heterocycles. The van der Waals surface area contributed by atoms with Crippen molar-refractivity contribution in [2.75, 3.05) is 5.32 Å². The molecule has 180 valence electrons. The van der Waals surface area contributed by atoms with Gasteiger partial charge in [-0.1, -0.05) is 54.6 Å². The third-order valence-corrected chi connectivity index (χ3v) is 5.57. The van der Waals surface area contributed by atoms with Gasteiger partial charge in [0, 0.05) is 11.7 Å². The number of benzene rings is 3. The minimum Gasteiger partial charge on any atom is -0.438 e. The van der Waals surface area contributed by atoms with Gasteiger partial charge in [-0.15, -0.1) is 0 Å². The molecule has 2 unspecified atom stereocenters. The Morgan fingerprint density at radius 3 is 2.43 bits per heavy atom. The molecule has 7 nitrogen and oxygen atoms in total. The van der Waals surface area contributed by atoms with E-state index in [4.69, 9.17) is 4.74 Å². The molecule has 3 amide bonds. The summed E-state index contributed by atoms with van der Waals surface area (Å²) in [5.41, 5.74) is 1.69. The predicted octanol–water partition coefficient (Wildman–Crippen LogP) is 4.66. The molecule has 0 bridgehead atoms. The molecule has 2 N–H and O–H groups in total. The Morgan fingerprint density at radius 2 is 1.71 bits per heavy atom. The van der Waals surface area contributed by atoms with Crippen LogP contribution in [-0.2, 0) is 16.1 Å². The van der Waals surface area contributed by atoms with E-state index in [0.717, 1.165) is 5.56 Å². The van der Waals surface area contributed by atoms with Crippen LogP contribution in [0.4, 0.5) is 14.9 Å². The van der Waals surface area contributed by atoms with Gasteiger partial charge in [0.05, 0.1) is 12.1 Å². The summed E-state index contributed by atoms with van der Waals surface area (Å²) in [6, 6.07) is 20.6. The molecule has 0 aromatic heterocycles. The average molecular weight is 476 g/mol. The molecule has 2 atom stereocenters. The topological polar surface area (TPSA) is 87.7 Å². The molecular weight excluding hydrogens is 449 g/mol. The molecule has 1 heterocycles. The maximum Gasteiger partial charge on any atom is 0.411 e. The van der Waals surface area contributed by atoms with Crippen LogP contribution in [0.1, 0.15) is 41.4 Å². The van der Waals surface area contributed by atoms with Crippen molar-refractivity contribution in [2.45, 2.75) is 38.6 Å². The van der Waals surface area contributed by atoms with Crippen molar-refractivity contribution in [3.05, 3.63) is 101 Å². The maximum atomic E-state index is 14.0. The number of anilines is 1. The zero-order valence-electron chi connectivity index (χ0n) is 19.4. The van der Waals surface area contributed by atoms with Crippen LogP contribution in [0.2, 0.25) is 0 Å². The first kappa shape index (κ1) is 23.9. The Morgan fingerprint density at radius 1 is 1.00 bits per heavy atom. The van der Waals surface area contributed by atoms with Gasteiger partial charge in [0.15, 0.2) is 12.1 Å². The molecule has 8 heteroatoms. The zero-order valence-corrected chi connectivity index (χ0v) is 19.4. The quantitative estimate of drug-likeness (QED) is 0.520.